The average Bonchev–Trinajstić information content (AvgIpc) is 2.65. The van der Waals surface area contributed by atoms with Gasteiger partial charge in [0.2, 0.25) is 0 Å². The monoisotopic (exact) mass is 627 g/mol. The zero-order valence-electron chi connectivity index (χ0n) is 20.6. The molecular weight excluding hydrogens is 594 g/mol. The number of pyridine rings is 1. The van der Waals surface area contributed by atoms with E-state index in [2.05, 4.69) is 17.1 Å². The molecule has 0 fully saturated rings. The Labute approximate surface area is 210 Å². The van der Waals surface area contributed by atoms with Crippen LogP contribution in [0, 0.1) is 36.6 Å². The molecule has 1 radical (unpaired) electrons. The molecule has 3 nitrogen and oxygen atoms in total. The van der Waals surface area contributed by atoms with Gasteiger partial charge in [-0.3, -0.25) is 4.79 Å². The van der Waals surface area contributed by atoms with Gasteiger partial charge in [-0.15, -0.1) is 34.9 Å². The molecular formula is C28H33FIrNO2-. The Morgan fingerprint density at radius 3 is 2.18 bits per heavy atom. The topological polar surface area (TPSA) is 50.2 Å². The molecule has 179 valence electrons. The first kappa shape index (κ1) is 28.7. The maximum atomic E-state index is 13.5. The van der Waals surface area contributed by atoms with Crippen molar-refractivity contribution in [3.8, 4) is 11.3 Å². The van der Waals surface area contributed by atoms with Crippen LogP contribution in [0.25, 0.3) is 22.0 Å². The molecule has 0 saturated carbocycles. The third-order valence-electron chi connectivity index (χ3n) is 4.91. The van der Waals surface area contributed by atoms with Crippen molar-refractivity contribution in [3.05, 3.63) is 77.4 Å². The van der Waals surface area contributed by atoms with Crippen LogP contribution < -0.4 is 0 Å². The number of aliphatic hydroxyl groups is 1. The first-order chi connectivity index (χ1) is 14.7. The van der Waals surface area contributed by atoms with Crippen LogP contribution in [0.5, 0.6) is 0 Å². The van der Waals surface area contributed by atoms with Gasteiger partial charge in [-0.25, -0.2) is 4.39 Å². The molecule has 2 aromatic carbocycles. The number of carbonyl (C=O) groups excluding carboxylic acids is 1. The molecule has 0 aliphatic rings. The van der Waals surface area contributed by atoms with E-state index in [9.17, 15) is 14.3 Å². The number of benzene rings is 2. The van der Waals surface area contributed by atoms with Gasteiger partial charge in [0, 0.05) is 43.2 Å². The molecule has 0 aliphatic carbocycles. The molecule has 0 spiro atoms. The third-order valence-corrected chi connectivity index (χ3v) is 4.91. The van der Waals surface area contributed by atoms with Crippen LogP contribution in [0.1, 0.15) is 52.7 Å². The minimum atomic E-state index is -0.417. The Bertz CT molecular complexity index is 1130. The Kier molecular flexibility index (Phi) is 9.71. The summed E-state index contributed by atoms with van der Waals surface area (Å²) < 4.78 is 13.5. The number of rotatable bonds is 2. The molecule has 1 N–H and O–H groups in total. The SMILES string of the molecule is CC(C)(C)C(=O)/C=C(\O)C(C)(C)C.Cc1[c-]c(-c2nccc3ccc(F)cc23)cc(C)c1.[Ir]. The molecule has 3 aromatic rings. The number of carbonyl (C=O) groups is 1. The van der Waals surface area contributed by atoms with Crippen molar-refractivity contribution in [3.63, 3.8) is 0 Å². The van der Waals surface area contributed by atoms with Crippen LogP contribution in [-0.2, 0) is 24.9 Å². The molecule has 5 heteroatoms. The van der Waals surface area contributed by atoms with Crippen LogP contribution in [0.15, 0.2) is 54.4 Å². The second-order valence-electron chi connectivity index (χ2n) is 10.2. The van der Waals surface area contributed by atoms with Gasteiger partial charge in [0.15, 0.2) is 5.78 Å². The number of aryl methyl sites for hydroxylation is 2. The summed E-state index contributed by atoms with van der Waals surface area (Å²) in [6.07, 6.45) is 3.08. The maximum absolute atomic E-state index is 13.5. The van der Waals surface area contributed by atoms with Crippen LogP contribution in [-0.4, -0.2) is 15.9 Å². The van der Waals surface area contributed by atoms with E-state index in [1.54, 1.807) is 12.3 Å². The molecule has 1 heterocycles. The zero-order chi connectivity index (χ0) is 24.3. The predicted octanol–water partition coefficient (Wildman–Crippen LogP) is 7.55. The second-order valence-corrected chi connectivity index (χ2v) is 10.2. The quantitative estimate of drug-likeness (QED) is 0.182. The van der Waals surface area contributed by atoms with Crippen molar-refractivity contribution in [1.82, 2.24) is 4.98 Å². The van der Waals surface area contributed by atoms with Gasteiger partial charge in [0.1, 0.15) is 11.6 Å². The summed E-state index contributed by atoms with van der Waals surface area (Å²) in [5, 5.41) is 11.4. The summed E-state index contributed by atoms with van der Waals surface area (Å²) >= 11 is 0. The summed E-state index contributed by atoms with van der Waals surface area (Å²) in [7, 11) is 0. The third kappa shape index (κ3) is 8.17. The first-order valence-electron chi connectivity index (χ1n) is 10.7. The van der Waals surface area contributed by atoms with E-state index in [-0.39, 0.29) is 42.9 Å². The Morgan fingerprint density at radius 1 is 1.00 bits per heavy atom. The standard InChI is InChI=1S/C17H13FN.C11H20O2.Ir/c1-11-7-12(2)9-14(8-11)17-16-10-15(18)4-3-13(16)5-6-19-17;1-10(2,3)8(12)7-9(13)11(4,5)6;/h3-8,10H,1-2H3;7,12H,1-6H3;/q-1;;/b;8-7-;. The summed E-state index contributed by atoms with van der Waals surface area (Å²) in [6.45, 7) is 15.2. The number of aliphatic hydroxyl groups excluding tert-OH is 1. The Morgan fingerprint density at radius 2 is 1.64 bits per heavy atom. The van der Waals surface area contributed by atoms with E-state index in [4.69, 9.17) is 0 Å². The van der Waals surface area contributed by atoms with Crippen LogP contribution in [0.3, 0.4) is 0 Å². The summed E-state index contributed by atoms with van der Waals surface area (Å²) in [5.41, 5.74) is 3.14. The van der Waals surface area contributed by atoms with Crippen LogP contribution >= 0.6 is 0 Å². The van der Waals surface area contributed by atoms with E-state index in [1.165, 1.54) is 18.2 Å². The first-order valence-corrected chi connectivity index (χ1v) is 10.7. The Hall–Kier alpha value is -2.36. The van der Waals surface area contributed by atoms with Gasteiger partial charge in [-0.05, 0) is 34.7 Å². The summed E-state index contributed by atoms with van der Waals surface area (Å²) in [5.74, 6) is -0.140. The molecule has 0 atom stereocenters. The van der Waals surface area contributed by atoms with Crippen molar-refractivity contribution < 1.29 is 34.4 Å². The number of allylic oxidation sites excluding steroid dienone is 2. The fourth-order valence-corrected chi connectivity index (χ4v) is 2.94. The number of nitrogens with zero attached hydrogens (tertiary/aromatic N) is 1. The van der Waals surface area contributed by atoms with Crippen molar-refractivity contribution in [1.29, 1.82) is 0 Å². The molecule has 0 unspecified atom stereocenters. The predicted molar refractivity (Wildman–Crippen MR) is 130 cm³/mol. The summed E-state index contributed by atoms with van der Waals surface area (Å²) in [6, 6.07) is 14.0. The largest absolute Gasteiger partial charge is 0.512 e. The smallest absolute Gasteiger partial charge is 0.164 e. The van der Waals surface area contributed by atoms with Gasteiger partial charge in [-0.2, -0.15) is 0 Å². The molecule has 33 heavy (non-hydrogen) atoms. The van der Waals surface area contributed by atoms with Gasteiger partial charge < -0.3 is 10.1 Å². The van der Waals surface area contributed by atoms with Gasteiger partial charge >= 0.3 is 0 Å². The fourth-order valence-electron chi connectivity index (χ4n) is 2.94. The van der Waals surface area contributed by atoms with E-state index < -0.39 is 5.41 Å². The van der Waals surface area contributed by atoms with E-state index in [0.29, 0.717) is 0 Å². The van der Waals surface area contributed by atoms with E-state index in [0.717, 1.165) is 33.2 Å². The molecule has 0 aliphatic heterocycles. The second kappa shape index (κ2) is 11.2. The maximum Gasteiger partial charge on any atom is 0.164 e. The number of aromatic nitrogens is 1. The molecule has 0 amide bonds. The number of hydrogen-bond donors (Lipinski definition) is 1. The molecule has 0 saturated heterocycles. The van der Waals surface area contributed by atoms with Crippen molar-refractivity contribution in [2.75, 3.05) is 0 Å². The van der Waals surface area contributed by atoms with Gasteiger partial charge in [0.05, 0.1) is 0 Å². The number of fused-ring (bicyclic) bond motifs is 1. The number of hydrogen-bond acceptors (Lipinski definition) is 3. The van der Waals surface area contributed by atoms with E-state index in [1.807, 2.05) is 67.5 Å². The van der Waals surface area contributed by atoms with Crippen LogP contribution in [0.4, 0.5) is 4.39 Å². The minimum Gasteiger partial charge on any atom is -0.512 e. The molecule has 1 aromatic heterocycles. The van der Waals surface area contributed by atoms with Crippen molar-refractivity contribution >= 4 is 16.6 Å². The van der Waals surface area contributed by atoms with Crippen LogP contribution in [0.2, 0.25) is 0 Å². The average molecular weight is 627 g/mol. The van der Waals surface area contributed by atoms with Crippen molar-refractivity contribution in [2.24, 2.45) is 10.8 Å². The number of halogens is 1. The van der Waals surface area contributed by atoms with E-state index >= 15 is 0 Å². The normalized spacial score (nSPS) is 12.0. The van der Waals surface area contributed by atoms with Gasteiger partial charge in [0.25, 0.3) is 0 Å². The molecule has 3 rings (SSSR count). The minimum absolute atomic E-state index is 0. The Balaban J connectivity index is 0.000000346. The number of ketones is 1. The zero-order valence-corrected chi connectivity index (χ0v) is 23.0. The molecule has 0 bridgehead atoms. The van der Waals surface area contributed by atoms with Crippen molar-refractivity contribution in [2.45, 2.75) is 55.4 Å². The van der Waals surface area contributed by atoms with Gasteiger partial charge in [-0.1, -0.05) is 61.5 Å². The summed E-state index contributed by atoms with van der Waals surface area (Å²) in [4.78, 5) is 15.9. The fraction of sp³-hybridized carbons (Fsp3) is 0.357.